The first-order valence-corrected chi connectivity index (χ1v) is 9.83. The van der Waals surface area contributed by atoms with Crippen molar-refractivity contribution in [3.05, 3.63) is 52.5 Å². The summed E-state index contributed by atoms with van der Waals surface area (Å²) >= 11 is 6.02. The molecule has 8 heteroatoms. The van der Waals surface area contributed by atoms with Crippen molar-refractivity contribution in [3.63, 3.8) is 0 Å². The second-order valence-corrected chi connectivity index (χ2v) is 7.83. The fourth-order valence-corrected chi connectivity index (χ4v) is 4.23. The largest absolute Gasteiger partial charge is 0.461 e. The molecule has 0 spiro atoms. The summed E-state index contributed by atoms with van der Waals surface area (Å²) in [6.07, 6.45) is 0.305. The summed E-state index contributed by atoms with van der Waals surface area (Å²) in [7, 11) is -3.79. The van der Waals surface area contributed by atoms with Crippen molar-refractivity contribution in [2.24, 2.45) is 4.99 Å². The molecule has 0 aliphatic carbocycles. The predicted octanol–water partition coefficient (Wildman–Crippen LogP) is 3.64. The van der Waals surface area contributed by atoms with E-state index in [4.69, 9.17) is 16.3 Å². The van der Waals surface area contributed by atoms with Crippen LogP contribution in [0.3, 0.4) is 0 Å². The van der Waals surface area contributed by atoms with Gasteiger partial charge < -0.3 is 4.74 Å². The number of aliphatic imine (C=N–C) groups is 1. The molecule has 6 nitrogen and oxygen atoms in total. The van der Waals surface area contributed by atoms with Crippen LogP contribution in [0.15, 0.2) is 46.3 Å². The Kier molecular flexibility index (Phi) is 5.02. The number of rotatable bonds is 5. The second-order valence-electron chi connectivity index (χ2n) is 5.77. The lowest BCUT2D eigenvalue weighted by molar-refractivity contribution is -0.135. The number of hydrogen-bond donors (Lipinski definition) is 1. The summed E-state index contributed by atoms with van der Waals surface area (Å²) in [5.74, 6) is -0.458. The third-order valence-corrected chi connectivity index (χ3v) is 5.90. The topological polar surface area (TPSA) is 84.8 Å². The smallest absolute Gasteiger partial charge is 0.353 e. The first-order valence-electron chi connectivity index (χ1n) is 7.97. The average Bonchev–Trinajstić information content (AvgIpc) is 3.00. The molecule has 0 bridgehead atoms. The first kappa shape index (κ1) is 18.4. The monoisotopic (exact) mass is 392 g/mol. The van der Waals surface area contributed by atoms with Gasteiger partial charge in [0.05, 0.1) is 17.2 Å². The Bertz CT molecular complexity index is 1020. The van der Waals surface area contributed by atoms with Crippen LogP contribution < -0.4 is 4.72 Å². The summed E-state index contributed by atoms with van der Waals surface area (Å²) in [5.41, 5.74) is 2.58. The number of ether oxygens (including phenoxy) is 1. The van der Waals surface area contributed by atoms with Crippen molar-refractivity contribution in [1.29, 1.82) is 0 Å². The molecule has 0 radical (unpaired) electrons. The van der Waals surface area contributed by atoms with Crippen molar-refractivity contribution in [2.75, 3.05) is 11.3 Å². The lowest BCUT2D eigenvalue weighted by Crippen LogP contribution is -2.17. The van der Waals surface area contributed by atoms with Crippen LogP contribution in [0, 0.1) is 6.92 Å². The highest BCUT2D eigenvalue weighted by Gasteiger charge is 2.23. The molecule has 26 heavy (non-hydrogen) atoms. The number of carbonyl (C=O) groups is 1. The zero-order chi connectivity index (χ0) is 18.9. The quantitative estimate of drug-likeness (QED) is 0.787. The SMILES string of the molecule is CCOC(=O)C1=Nc2ccc(NS(=O)(=O)c3cccc(Cl)c3C)cc2C1. The summed E-state index contributed by atoms with van der Waals surface area (Å²) in [6, 6.07) is 9.67. The maximum Gasteiger partial charge on any atom is 0.353 e. The zero-order valence-electron chi connectivity index (χ0n) is 14.2. The highest BCUT2D eigenvalue weighted by molar-refractivity contribution is 7.92. The Balaban J connectivity index is 1.83. The minimum absolute atomic E-state index is 0.119. The highest BCUT2D eigenvalue weighted by atomic mass is 35.5. The van der Waals surface area contributed by atoms with Gasteiger partial charge in [0.15, 0.2) is 0 Å². The Morgan fingerprint density at radius 3 is 2.81 bits per heavy atom. The summed E-state index contributed by atoms with van der Waals surface area (Å²) in [4.78, 5) is 16.2. The molecule has 1 aliphatic rings. The van der Waals surface area contributed by atoms with E-state index in [0.717, 1.165) is 5.56 Å². The third-order valence-electron chi connectivity index (χ3n) is 3.96. The van der Waals surface area contributed by atoms with Crippen LogP contribution in [0.2, 0.25) is 5.02 Å². The van der Waals surface area contributed by atoms with Gasteiger partial charge in [-0.15, -0.1) is 0 Å². The minimum Gasteiger partial charge on any atom is -0.461 e. The van der Waals surface area contributed by atoms with Crippen LogP contribution >= 0.6 is 11.6 Å². The van der Waals surface area contributed by atoms with Crippen molar-refractivity contribution in [3.8, 4) is 0 Å². The lowest BCUT2D eigenvalue weighted by Gasteiger charge is -2.12. The van der Waals surface area contributed by atoms with E-state index in [0.29, 0.717) is 34.1 Å². The van der Waals surface area contributed by atoms with Crippen molar-refractivity contribution < 1.29 is 17.9 Å². The standard InChI is InChI=1S/C18H17ClN2O4S/c1-3-25-18(22)16-10-12-9-13(7-8-15(12)20-16)21-26(23,24)17-6-4-5-14(19)11(17)2/h4-9,21H,3,10H2,1-2H3. The van der Waals surface area contributed by atoms with E-state index >= 15 is 0 Å². The van der Waals surface area contributed by atoms with Crippen molar-refractivity contribution >= 4 is 44.7 Å². The maximum absolute atomic E-state index is 12.7. The van der Waals surface area contributed by atoms with Crippen LogP contribution in [0.4, 0.5) is 11.4 Å². The van der Waals surface area contributed by atoms with Gasteiger partial charge in [0, 0.05) is 17.1 Å². The van der Waals surface area contributed by atoms with E-state index in [9.17, 15) is 13.2 Å². The lowest BCUT2D eigenvalue weighted by atomic mass is 10.1. The number of halogens is 1. The molecule has 2 aromatic carbocycles. The number of esters is 1. The van der Waals surface area contributed by atoms with E-state index in [-0.39, 0.29) is 11.5 Å². The van der Waals surface area contributed by atoms with Crippen LogP contribution in [-0.4, -0.2) is 26.7 Å². The molecule has 1 aliphatic heterocycles. The highest BCUT2D eigenvalue weighted by Crippen LogP contribution is 2.31. The Labute approximate surface area is 156 Å². The number of benzene rings is 2. The molecule has 0 atom stereocenters. The number of fused-ring (bicyclic) bond motifs is 1. The molecule has 0 unspecified atom stereocenters. The first-order chi connectivity index (χ1) is 12.3. The molecule has 0 aromatic heterocycles. The summed E-state index contributed by atoms with van der Waals surface area (Å²) < 4.78 is 32.8. The number of sulfonamides is 1. The van der Waals surface area contributed by atoms with E-state index in [1.165, 1.54) is 6.07 Å². The van der Waals surface area contributed by atoms with Gasteiger partial charge >= 0.3 is 5.97 Å². The average molecular weight is 393 g/mol. The minimum atomic E-state index is -3.79. The van der Waals surface area contributed by atoms with Gasteiger partial charge in [0.25, 0.3) is 10.0 Å². The molecular formula is C18H17ClN2O4S. The van der Waals surface area contributed by atoms with Crippen molar-refractivity contribution in [2.45, 2.75) is 25.2 Å². The molecule has 2 aromatic rings. The number of carbonyl (C=O) groups excluding carboxylic acids is 1. The summed E-state index contributed by atoms with van der Waals surface area (Å²) in [6.45, 7) is 3.66. The number of nitrogens with zero attached hydrogens (tertiary/aromatic N) is 1. The van der Waals surface area contributed by atoms with E-state index in [2.05, 4.69) is 9.71 Å². The van der Waals surface area contributed by atoms with Crippen molar-refractivity contribution in [1.82, 2.24) is 0 Å². The molecule has 0 saturated heterocycles. The van der Waals surface area contributed by atoms with Gasteiger partial charge in [-0.25, -0.2) is 18.2 Å². The third kappa shape index (κ3) is 3.59. The second kappa shape index (κ2) is 7.09. The Morgan fingerprint density at radius 1 is 1.31 bits per heavy atom. The van der Waals surface area contributed by atoms with Gasteiger partial charge in [-0.2, -0.15) is 0 Å². The Morgan fingerprint density at radius 2 is 2.08 bits per heavy atom. The number of anilines is 1. The zero-order valence-corrected chi connectivity index (χ0v) is 15.8. The van der Waals surface area contributed by atoms with Crippen LogP contribution in [0.1, 0.15) is 18.1 Å². The van der Waals surface area contributed by atoms with Gasteiger partial charge in [-0.3, -0.25) is 4.72 Å². The van der Waals surface area contributed by atoms with Gasteiger partial charge in [-0.05, 0) is 55.3 Å². The number of nitrogens with one attached hydrogen (secondary N) is 1. The molecule has 0 fully saturated rings. The number of hydrogen-bond acceptors (Lipinski definition) is 5. The molecule has 0 saturated carbocycles. The maximum atomic E-state index is 12.7. The normalized spacial score (nSPS) is 13.1. The molecular weight excluding hydrogens is 376 g/mol. The van der Waals surface area contributed by atoms with E-state index < -0.39 is 16.0 Å². The van der Waals surface area contributed by atoms with Crippen LogP contribution in [0.25, 0.3) is 0 Å². The van der Waals surface area contributed by atoms with E-state index in [1.807, 2.05) is 0 Å². The molecule has 1 heterocycles. The van der Waals surface area contributed by atoms with Crippen LogP contribution in [0.5, 0.6) is 0 Å². The molecule has 1 N–H and O–H groups in total. The fourth-order valence-electron chi connectivity index (χ4n) is 2.69. The van der Waals surface area contributed by atoms with Gasteiger partial charge in [0.2, 0.25) is 0 Å². The van der Waals surface area contributed by atoms with Crippen LogP contribution in [-0.2, 0) is 26.0 Å². The van der Waals surface area contributed by atoms with Gasteiger partial charge in [0.1, 0.15) is 5.71 Å². The molecule has 3 rings (SSSR count). The molecule has 136 valence electrons. The predicted molar refractivity (Wildman–Crippen MR) is 101 cm³/mol. The van der Waals surface area contributed by atoms with Gasteiger partial charge in [-0.1, -0.05) is 17.7 Å². The fraction of sp³-hybridized carbons (Fsp3) is 0.222. The Hall–Kier alpha value is -2.38. The van der Waals surface area contributed by atoms with E-state index in [1.54, 1.807) is 44.2 Å². The summed E-state index contributed by atoms with van der Waals surface area (Å²) in [5, 5.41) is 0.384. The molecule has 0 amide bonds.